The van der Waals surface area contributed by atoms with Gasteiger partial charge in [-0.25, -0.2) is 4.79 Å². The first kappa shape index (κ1) is 31.9. The Labute approximate surface area is 248 Å². The zero-order valence-electron chi connectivity index (χ0n) is 24.5. The van der Waals surface area contributed by atoms with Gasteiger partial charge in [-0.15, -0.1) is 0 Å². The standard InChI is InChI=1S/C30H37F3N4O6/c1-29(2,3)43-28(40)36-15-9-21(10-16-36)11-17-37(27(39)30(31,32)33)25(22-4-5-23-24(18-22)42-19-41-23)26(38)35-14-8-20-6-12-34-13-7-20/h4-7,12-13,18,21,25H,8-11,14-17,19H2,1-3H3,(H,35,38). The summed E-state index contributed by atoms with van der Waals surface area (Å²) in [6.45, 7) is 5.85. The lowest BCUT2D eigenvalue weighted by atomic mass is 9.92. The van der Waals surface area contributed by atoms with E-state index < -0.39 is 35.7 Å². The Balaban J connectivity index is 1.51. The molecule has 4 rings (SSSR count). The quantitative estimate of drug-likeness (QED) is 0.443. The molecule has 0 saturated carbocycles. The van der Waals surface area contributed by atoms with E-state index in [4.69, 9.17) is 14.2 Å². The molecular weight excluding hydrogens is 569 g/mol. The van der Waals surface area contributed by atoms with Gasteiger partial charge >= 0.3 is 18.2 Å². The molecule has 2 aromatic rings. The number of halogens is 3. The Morgan fingerprint density at radius 1 is 1.07 bits per heavy atom. The predicted octanol–water partition coefficient (Wildman–Crippen LogP) is 4.64. The summed E-state index contributed by atoms with van der Waals surface area (Å²) < 4.78 is 58.0. The number of nitrogens with zero attached hydrogens (tertiary/aromatic N) is 3. The maximum atomic E-state index is 13.9. The Hall–Kier alpha value is -4.03. The summed E-state index contributed by atoms with van der Waals surface area (Å²) in [7, 11) is 0. The maximum Gasteiger partial charge on any atom is 0.471 e. The van der Waals surface area contributed by atoms with Crippen molar-refractivity contribution in [3.63, 3.8) is 0 Å². The molecular formula is C30H37F3N4O6. The number of hydrogen-bond acceptors (Lipinski definition) is 7. The Kier molecular flexibility index (Phi) is 10.0. The van der Waals surface area contributed by atoms with Gasteiger partial charge < -0.3 is 29.3 Å². The zero-order chi connectivity index (χ0) is 31.2. The van der Waals surface area contributed by atoms with Crippen LogP contribution in [0.3, 0.4) is 0 Å². The average Bonchev–Trinajstić information content (AvgIpc) is 3.42. The van der Waals surface area contributed by atoms with E-state index in [1.54, 1.807) is 50.2 Å². The van der Waals surface area contributed by atoms with Gasteiger partial charge in [0.2, 0.25) is 12.7 Å². The molecule has 1 N–H and O–H groups in total. The van der Waals surface area contributed by atoms with Crippen molar-refractivity contribution in [3.8, 4) is 11.5 Å². The first-order valence-electron chi connectivity index (χ1n) is 14.2. The molecule has 1 fully saturated rings. The number of benzene rings is 1. The molecule has 0 bridgehead atoms. The minimum atomic E-state index is -5.20. The van der Waals surface area contributed by atoms with Crippen LogP contribution >= 0.6 is 0 Å². The topological polar surface area (TPSA) is 110 Å². The van der Waals surface area contributed by atoms with Gasteiger partial charge in [0, 0.05) is 38.6 Å². The number of carbonyl (C=O) groups excluding carboxylic acids is 3. The van der Waals surface area contributed by atoms with Gasteiger partial charge in [0.25, 0.3) is 0 Å². The van der Waals surface area contributed by atoms with Crippen LogP contribution in [0.15, 0.2) is 42.7 Å². The highest BCUT2D eigenvalue weighted by atomic mass is 19.4. The normalized spacial score (nSPS) is 16.0. The van der Waals surface area contributed by atoms with E-state index in [0.29, 0.717) is 43.0 Å². The van der Waals surface area contributed by atoms with Gasteiger partial charge in [0.05, 0.1) is 0 Å². The third-order valence-electron chi connectivity index (χ3n) is 7.28. The van der Waals surface area contributed by atoms with Gasteiger partial charge in [-0.3, -0.25) is 14.6 Å². The maximum absolute atomic E-state index is 13.9. The number of carbonyl (C=O) groups is 3. The number of rotatable bonds is 9. The fourth-order valence-corrected chi connectivity index (χ4v) is 5.10. The molecule has 13 heteroatoms. The van der Waals surface area contributed by atoms with Crippen LogP contribution < -0.4 is 14.8 Å². The third-order valence-corrected chi connectivity index (χ3v) is 7.28. The molecule has 1 aromatic heterocycles. The lowest BCUT2D eigenvalue weighted by Gasteiger charge is -2.36. The van der Waals surface area contributed by atoms with Crippen LogP contribution in [0, 0.1) is 5.92 Å². The highest BCUT2D eigenvalue weighted by Crippen LogP contribution is 2.37. The number of likely N-dealkylation sites (tertiary alicyclic amines) is 1. The number of hydrogen-bond donors (Lipinski definition) is 1. The summed E-state index contributed by atoms with van der Waals surface area (Å²) >= 11 is 0. The van der Waals surface area contributed by atoms with E-state index in [9.17, 15) is 27.6 Å². The van der Waals surface area contributed by atoms with Crippen molar-refractivity contribution in [2.75, 3.05) is 33.0 Å². The SMILES string of the molecule is CC(C)(C)OC(=O)N1CCC(CCN(C(=O)C(F)(F)F)C(C(=O)NCCc2ccncc2)c2ccc3c(c2)OCO3)CC1. The van der Waals surface area contributed by atoms with Crippen molar-refractivity contribution >= 4 is 17.9 Å². The molecule has 1 unspecified atom stereocenters. The summed E-state index contributed by atoms with van der Waals surface area (Å²) in [5.41, 5.74) is 0.411. The lowest BCUT2D eigenvalue weighted by Crippen LogP contribution is -2.49. The van der Waals surface area contributed by atoms with E-state index in [2.05, 4.69) is 10.3 Å². The summed E-state index contributed by atoms with van der Waals surface area (Å²) in [4.78, 5) is 45.0. The summed E-state index contributed by atoms with van der Waals surface area (Å²) in [5, 5.41) is 2.71. The van der Waals surface area contributed by atoms with Crippen molar-refractivity contribution in [2.24, 2.45) is 5.92 Å². The molecule has 2 aliphatic heterocycles. The van der Waals surface area contributed by atoms with Gasteiger partial charge in [-0.05, 0) is 87.8 Å². The van der Waals surface area contributed by atoms with Crippen molar-refractivity contribution in [1.29, 1.82) is 0 Å². The second-order valence-corrected chi connectivity index (χ2v) is 11.6. The molecule has 43 heavy (non-hydrogen) atoms. The molecule has 0 radical (unpaired) electrons. The van der Waals surface area contributed by atoms with E-state index in [0.717, 1.165) is 5.56 Å². The van der Waals surface area contributed by atoms with Gasteiger partial charge in [-0.2, -0.15) is 13.2 Å². The van der Waals surface area contributed by atoms with Gasteiger partial charge in [0.15, 0.2) is 11.5 Å². The van der Waals surface area contributed by atoms with Crippen LogP contribution in [0.1, 0.15) is 57.2 Å². The van der Waals surface area contributed by atoms with Crippen LogP contribution in [0.25, 0.3) is 0 Å². The molecule has 234 valence electrons. The summed E-state index contributed by atoms with van der Waals surface area (Å²) in [6.07, 6.45) is -0.735. The van der Waals surface area contributed by atoms with Crippen LogP contribution in [-0.2, 0) is 20.7 Å². The fraction of sp³-hybridized carbons (Fsp3) is 0.533. The lowest BCUT2D eigenvalue weighted by molar-refractivity contribution is -0.189. The number of aromatic nitrogens is 1. The largest absolute Gasteiger partial charge is 0.471 e. The number of alkyl halides is 3. The zero-order valence-corrected chi connectivity index (χ0v) is 24.5. The van der Waals surface area contributed by atoms with E-state index in [1.165, 1.54) is 18.2 Å². The van der Waals surface area contributed by atoms with Gasteiger partial charge in [-0.1, -0.05) is 6.07 Å². The Bertz CT molecular complexity index is 1280. The van der Waals surface area contributed by atoms with Crippen molar-refractivity contribution in [2.45, 2.75) is 64.3 Å². The number of fused-ring (bicyclic) bond motifs is 1. The number of piperidine rings is 1. The molecule has 2 aliphatic rings. The Morgan fingerprint density at radius 2 is 1.74 bits per heavy atom. The van der Waals surface area contributed by atoms with Crippen LogP contribution in [0.4, 0.5) is 18.0 Å². The second kappa shape index (κ2) is 13.5. The number of nitrogens with one attached hydrogen (secondary N) is 1. The van der Waals surface area contributed by atoms with E-state index in [1.807, 2.05) is 0 Å². The number of ether oxygens (including phenoxy) is 3. The minimum Gasteiger partial charge on any atom is -0.454 e. The predicted molar refractivity (Wildman–Crippen MR) is 149 cm³/mol. The highest BCUT2D eigenvalue weighted by molar-refractivity contribution is 5.91. The fourth-order valence-electron chi connectivity index (χ4n) is 5.10. The van der Waals surface area contributed by atoms with Gasteiger partial charge in [0.1, 0.15) is 11.6 Å². The van der Waals surface area contributed by atoms with E-state index >= 15 is 0 Å². The first-order valence-corrected chi connectivity index (χ1v) is 14.2. The smallest absolute Gasteiger partial charge is 0.454 e. The minimum absolute atomic E-state index is 0.0607. The molecule has 3 amide bonds. The van der Waals surface area contributed by atoms with Crippen LogP contribution in [0.5, 0.6) is 11.5 Å². The molecule has 10 nitrogen and oxygen atoms in total. The van der Waals surface area contributed by atoms with Crippen LogP contribution in [-0.4, -0.2) is 77.4 Å². The van der Waals surface area contributed by atoms with Crippen LogP contribution in [0.2, 0.25) is 0 Å². The van der Waals surface area contributed by atoms with Crippen molar-refractivity contribution in [3.05, 3.63) is 53.9 Å². The monoisotopic (exact) mass is 606 g/mol. The highest BCUT2D eigenvalue weighted by Gasteiger charge is 2.47. The third kappa shape index (κ3) is 8.74. The summed E-state index contributed by atoms with van der Waals surface area (Å²) in [6, 6.07) is 6.40. The molecule has 0 spiro atoms. The second-order valence-electron chi connectivity index (χ2n) is 11.6. The molecule has 1 aromatic carbocycles. The van der Waals surface area contributed by atoms with Crippen molar-refractivity contribution < 1.29 is 41.8 Å². The molecule has 0 aliphatic carbocycles. The van der Waals surface area contributed by atoms with E-state index in [-0.39, 0.29) is 43.5 Å². The first-order chi connectivity index (χ1) is 20.3. The number of amides is 3. The Morgan fingerprint density at radius 3 is 2.40 bits per heavy atom. The average molecular weight is 607 g/mol. The molecule has 3 heterocycles. The van der Waals surface area contributed by atoms with Crippen molar-refractivity contribution in [1.82, 2.24) is 20.1 Å². The molecule has 1 saturated heterocycles. The summed E-state index contributed by atoms with van der Waals surface area (Å²) in [5.74, 6) is -2.24. The molecule has 1 atom stereocenters. The number of pyridine rings is 1.